The molecule has 0 amide bonds. The van der Waals surface area contributed by atoms with Gasteiger partial charge in [-0.25, -0.2) is 4.79 Å². The van der Waals surface area contributed by atoms with Gasteiger partial charge in [-0.3, -0.25) is 4.79 Å². The minimum Gasteiger partial charge on any atom is -0.456 e. The minimum absolute atomic E-state index is 0.000995. The third-order valence-electron chi connectivity index (χ3n) is 17.7. The number of ketones is 1. The van der Waals surface area contributed by atoms with Gasteiger partial charge in [0.25, 0.3) is 0 Å². The second-order valence-corrected chi connectivity index (χ2v) is 20.7. The molecule has 3 aliphatic carbocycles. The Kier molecular flexibility index (Phi) is 14.2. The number of ether oxygens (including phenoxy) is 3. The van der Waals surface area contributed by atoms with Crippen LogP contribution in [0.4, 0.5) is 0 Å². The fraction of sp³-hybridized carbons (Fsp3) is 0.913. The van der Waals surface area contributed by atoms with Crippen LogP contribution in [0.5, 0.6) is 0 Å². The summed E-state index contributed by atoms with van der Waals surface area (Å²) < 4.78 is 21.4. The van der Waals surface area contributed by atoms with Crippen molar-refractivity contribution in [2.45, 2.75) is 152 Å². The zero-order valence-corrected chi connectivity index (χ0v) is 36.3. The molecule has 340 valence electrons. The summed E-state index contributed by atoms with van der Waals surface area (Å²) in [5.74, 6) is -2.02. The van der Waals surface area contributed by atoms with Gasteiger partial charge in [-0.2, -0.15) is 0 Å². The van der Waals surface area contributed by atoms with Crippen molar-refractivity contribution >= 4 is 11.8 Å². The molecule has 0 aromatic rings. The molecule has 14 nitrogen and oxygen atoms in total. The maximum atomic E-state index is 14.4. The van der Waals surface area contributed by atoms with Crippen molar-refractivity contribution in [3.05, 3.63) is 11.6 Å². The van der Waals surface area contributed by atoms with Crippen LogP contribution in [-0.2, 0) is 23.8 Å². The zero-order chi connectivity index (χ0) is 42.5. The molecular formula is C46H77N5O9. The van der Waals surface area contributed by atoms with Gasteiger partial charge >= 0.3 is 5.97 Å². The first kappa shape index (κ1) is 45.0. The van der Waals surface area contributed by atoms with Crippen LogP contribution in [0, 0.1) is 71.0 Å². The number of aliphatic hydroxyl groups excluding tert-OH is 4. The van der Waals surface area contributed by atoms with Crippen LogP contribution < -0.4 is 27.4 Å². The number of hydrogen-bond acceptors (Lipinski definition) is 14. The first-order valence-corrected chi connectivity index (χ1v) is 23.8. The number of piperidine rings is 2. The highest BCUT2D eigenvalue weighted by Crippen LogP contribution is 2.61. The van der Waals surface area contributed by atoms with Crippen molar-refractivity contribution in [1.29, 1.82) is 0 Å². The van der Waals surface area contributed by atoms with E-state index in [0.717, 1.165) is 64.3 Å². The highest BCUT2D eigenvalue weighted by Gasteiger charge is 2.67. The minimum atomic E-state index is -1.13. The molecule has 4 bridgehead atoms. The van der Waals surface area contributed by atoms with E-state index in [1.54, 1.807) is 0 Å². The molecule has 21 atom stereocenters. The summed E-state index contributed by atoms with van der Waals surface area (Å²) in [5, 5.41) is 56.6. The number of carbonyl (C=O) groups is 2. The molecule has 8 aliphatic rings. The summed E-state index contributed by atoms with van der Waals surface area (Å²) in [6, 6.07) is 0. The first-order valence-electron chi connectivity index (χ1n) is 23.8. The van der Waals surface area contributed by atoms with Crippen molar-refractivity contribution in [3.8, 4) is 0 Å². The van der Waals surface area contributed by atoms with Crippen molar-refractivity contribution in [2.75, 3.05) is 39.9 Å². The maximum absolute atomic E-state index is 14.4. The average Bonchev–Trinajstić information content (AvgIpc) is 3.28. The second-order valence-electron chi connectivity index (χ2n) is 20.7. The van der Waals surface area contributed by atoms with Gasteiger partial charge in [-0.05, 0) is 171 Å². The molecule has 0 spiro atoms. The third kappa shape index (κ3) is 8.43. The Morgan fingerprint density at radius 2 is 1.72 bits per heavy atom. The van der Waals surface area contributed by atoms with Crippen LogP contribution in [0.3, 0.4) is 0 Å². The van der Waals surface area contributed by atoms with E-state index in [4.69, 9.17) is 25.7 Å². The molecule has 5 heterocycles. The van der Waals surface area contributed by atoms with Gasteiger partial charge in [0.05, 0.1) is 55.4 Å². The smallest absolute Gasteiger partial charge is 0.334 e. The predicted molar refractivity (Wildman–Crippen MR) is 225 cm³/mol. The molecule has 8 fully saturated rings. The molecule has 11 N–H and O–H groups in total. The van der Waals surface area contributed by atoms with Crippen molar-refractivity contribution in [3.63, 3.8) is 0 Å². The Morgan fingerprint density at radius 1 is 0.933 bits per heavy atom. The molecule has 3 saturated carbocycles. The number of nitrogens with two attached hydrogens (primary N) is 2. The van der Waals surface area contributed by atoms with E-state index in [9.17, 15) is 30.0 Å². The number of hydrogen-bond donors (Lipinski definition) is 9. The van der Waals surface area contributed by atoms with Gasteiger partial charge in [0.15, 0.2) is 0 Å². The van der Waals surface area contributed by atoms with Gasteiger partial charge in [0, 0.05) is 30.4 Å². The van der Waals surface area contributed by atoms with Gasteiger partial charge in [0.2, 0.25) is 0 Å². The number of Topliss-reactive ketones (excluding diaryl/α,β-unsaturated/α-hetero) is 1. The number of allylic oxidation sites excluding steroid dienone is 1. The lowest BCUT2D eigenvalue weighted by atomic mass is 9.50. The largest absolute Gasteiger partial charge is 0.456 e. The van der Waals surface area contributed by atoms with Gasteiger partial charge < -0.3 is 62.1 Å². The van der Waals surface area contributed by atoms with Crippen LogP contribution in [0.25, 0.3) is 0 Å². The number of aliphatic hydroxyl groups is 4. The number of rotatable bonds is 9. The van der Waals surface area contributed by atoms with E-state index in [2.05, 4.69) is 22.9 Å². The lowest BCUT2D eigenvalue weighted by Crippen LogP contribution is -2.72. The standard InChI is InChI=1S/C46H77N5O9/c1-4-24(11-13-49-3)45(57)59-35-19-32-41(56)39-34(55)18-29(21-52)58-43(39)40-38-30-12-14-50-44(48)37(30)26(7-6-25-8-9-28(54)17-31(25)33(38)22-53)16-27(46(35,2)60-42(32)40)15-23-5-10-36(47)51-20-23/h4,23,25-33,35-44,49-54,56H,5-22,47-48H2,1-3H3. The van der Waals surface area contributed by atoms with Gasteiger partial charge in [-0.15, -0.1) is 0 Å². The molecule has 14 heteroatoms. The first-order chi connectivity index (χ1) is 28.9. The normalized spacial score (nSPS) is 49.6. The van der Waals surface area contributed by atoms with E-state index < -0.39 is 65.9 Å². The summed E-state index contributed by atoms with van der Waals surface area (Å²) in [6.45, 7) is 5.70. The predicted octanol–water partition coefficient (Wildman–Crippen LogP) is 1.56. The van der Waals surface area contributed by atoms with Crippen molar-refractivity contribution < 1.29 is 44.2 Å². The molecule has 8 rings (SSSR count). The molecule has 5 saturated heterocycles. The summed E-state index contributed by atoms with van der Waals surface area (Å²) in [7, 11) is 1.86. The SMILES string of the molecule is CC=C(CCNC)C(=O)OC1CC2C(O)C3C(=O)CC(CO)OC3C3C2OC1(C)C(CC1CCC(N)NC1)CC1CCC2CCC(O)CC2C(CO)C3C2CCNC(N)C12. The lowest BCUT2D eigenvalue weighted by molar-refractivity contribution is -0.311. The fourth-order valence-electron chi connectivity index (χ4n) is 14.8. The second kappa shape index (κ2) is 18.9. The van der Waals surface area contributed by atoms with E-state index in [0.29, 0.717) is 49.8 Å². The number of fused-ring (bicyclic) bond motifs is 5. The molecule has 0 aromatic heterocycles. The Morgan fingerprint density at radius 3 is 2.43 bits per heavy atom. The third-order valence-corrected chi connectivity index (χ3v) is 17.7. The van der Waals surface area contributed by atoms with Crippen LogP contribution >= 0.6 is 0 Å². The number of carbonyl (C=O) groups excluding carboxylic acids is 2. The monoisotopic (exact) mass is 844 g/mol. The Balaban J connectivity index is 1.33. The van der Waals surface area contributed by atoms with E-state index >= 15 is 0 Å². The Labute approximate surface area is 357 Å². The zero-order valence-electron chi connectivity index (χ0n) is 36.3. The van der Waals surface area contributed by atoms with Crippen molar-refractivity contribution in [1.82, 2.24) is 16.0 Å². The number of esters is 1. The van der Waals surface area contributed by atoms with Crippen LogP contribution in [0.15, 0.2) is 11.6 Å². The highest BCUT2D eigenvalue weighted by molar-refractivity contribution is 5.88. The van der Waals surface area contributed by atoms with E-state index in [1.165, 1.54) is 0 Å². The van der Waals surface area contributed by atoms with Crippen LogP contribution in [-0.4, -0.2) is 127 Å². The topological polar surface area (TPSA) is 231 Å². The summed E-state index contributed by atoms with van der Waals surface area (Å²) in [5.41, 5.74) is 13.3. The summed E-state index contributed by atoms with van der Waals surface area (Å²) in [4.78, 5) is 28.7. The summed E-state index contributed by atoms with van der Waals surface area (Å²) >= 11 is 0. The van der Waals surface area contributed by atoms with Crippen LogP contribution in [0.1, 0.15) is 97.3 Å². The molecule has 0 radical (unpaired) electrons. The lowest BCUT2D eigenvalue weighted by Gasteiger charge is -2.63. The van der Waals surface area contributed by atoms with Gasteiger partial charge in [-0.1, -0.05) is 6.08 Å². The Bertz CT molecular complexity index is 1530. The van der Waals surface area contributed by atoms with Crippen molar-refractivity contribution in [2.24, 2.45) is 82.5 Å². The van der Waals surface area contributed by atoms with Gasteiger partial charge in [0.1, 0.15) is 17.5 Å². The molecule has 5 aliphatic heterocycles. The molecule has 0 aromatic carbocycles. The maximum Gasteiger partial charge on any atom is 0.334 e. The van der Waals surface area contributed by atoms with E-state index in [-0.39, 0.29) is 79.2 Å². The fourth-order valence-corrected chi connectivity index (χ4v) is 14.8. The van der Waals surface area contributed by atoms with Crippen LogP contribution in [0.2, 0.25) is 0 Å². The highest BCUT2D eigenvalue weighted by atomic mass is 16.6. The Hall–Kier alpha value is -1.56. The molecule has 60 heavy (non-hydrogen) atoms. The summed E-state index contributed by atoms with van der Waals surface area (Å²) in [6.07, 6.45) is 6.33. The number of nitrogens with one attached hydrogen (secondary N) is 3. The molecule has 21 unspecified atom stereocenters. The molecular weight excluding hydrogens is 767 g/mol. The average molecular weight is 844 g/mol. The van der Waals surface area contributed by atoms with E-state index in [1.807, 2.05) is 20.0 Å². The quantitative estimate of drug-likeness (QED) is 0.119.